The summed E-state index contributed by atoms with van der Waals surface area (Å²) < 4.78 is 1.76. The second kappa shape index (κ2) is 9.43. The molecule has 0 saturated carbocycles. The molecule has 0 radical (unpaired) electrons. The van der Waals surface area contributed by atoms with Crippen LogP contribution < -0.4 is 5.56 Å². The molecule has 170 valence electrons. The Balaban J connectivity index is 1.61. The minimum Gasteiger partial charge on any atom is -0.296 e. The quantitative estimate of drug-likeness (QED) is 0.216. The minimum absolute atomic E-state index is 0.0123. The van der Waals surface area contributed by atoms with Crippen LogP contribution in [0.3, 0.4) is 0 Å². The first-order valence-electron chi connectivity index (χ1n) is 10.9. The number of benzene rings is 2. The zero-order valence-electron chi connectivity index (χ0n) is 18.3. The number of para-hydroxylation sites is 1. The molecule has 0 fully saturated rings. The van der Waals surface area contributed by atoms with Gasteiger partial charge in [-0.1, -0.05) is 59.2 Å². The van der Waals surface area contributed by atoms with E-state index in [2.05, 4.69) is 18.7 Å². The van der Waals surface area contributed by atoms with Gasteiger partial charge in [-0.15, -0.1) is 11.3 Å². The van der Waals surface area contributed by atoms with E-state index < -0.39 is 0 Å². The third-order valence-electron chi connectivity index (χ3n) is 5.97. The summed E-state index contributed by atoms with van der Waals surface area (Å²) >= 11 is 15.5. The van der Waals surface area contributed by atoms with Crippen molar-refractivity contribution in [1.82, 2.24) is 14.5 Å². The van der Waals surface area contributed by atoms with Crippen molar-refractivity contribution in [2.45, 2.75) is 43.8 Å². The fraction of sp³-hybridized carbons (Fsp3) is 0.280. The van der Waals surface area contributed by atoms with Gasteiger partial charge < -0.3 is 0 Å². The van der Waals surface area contributed by atoms with Gasteiger partial charge in [0.1, 0.15) is 4.83 Å². The van der Waals surface area contributed by atoms with Crippen LogP contribution in [0.5, 0.6) is 0 Å². The normalized spacial score (nSPS) is 14.2. The van der Waals surface area contributed by atoms with E-state index in [1.165, 1.54) is 22.2 Å². The highest BCUT2D eigenvalue weighted by molar-refractivity contribution is 7.98. The van der Waals surface area contributed by atoms with Crippen LogP contribution in [0.15, 0.2) is 58.5 Å². The highest BCUT2D eigenvalue weighted by Gasteiger charge is 2.26. The van der Waals surface area contributed by atoms with Gasteiger partial charge in [-0.3, -0.25) is 14.3 Å². The zero-order chi connectivity index (χ0) is 23.1. The average molecular weight is 517 g/mol. The summed E-state index contributed by atoms with van der Waals surface area (Å²) in [5.74, 6) is 0.633. The van der Waals surface area contributed by atoms with Crippen LogP contribution in [-0.4, -0.2) is 27.0 Å². The molecule has 1 aliphatic rings. The molecule has 0 aliphatic carbocycles. The lowest BCUT2D eigenvalue weighted by atomic mass is 10.0. The molecular formula is C25H23Cl2N3OS2. The van der Waals surface area contributed by atoms with Crippen molar-refractivity contribution in [1.29, 1.82) is 0 Å². The zero-order valence-corrected chi connectivity index (χ0v) is 21.5. The molecule has 3 heterocycles. The van der Waals surface area contributed by atoms with Gasteiger partial charge in [-0.2, -0.15) is 0 Å². The van der Waals surface area contributed by atoms with Crippen molar-refractivity contribution in [2.75, 3.05) is 6.54 Å². The summed E-state index contributed by atoms with van der Waals surface area (Å²) in [5.41, 5.74) is 3.04. The Kier molecular flexibility index (Phi) is 6.56. The molecule has 0 saturated heterocycles. The Morgan fingerprint density at radius 1 is 1.12 bits per heavy atom. The van der Waals surface area contributed by atoms with E-state index >= 15 is 0 Å². The summed E-state index contributed by atoms with van der Waals surface area (Å²) in [4.78, 5) is 23.4. The smallest absolute Gasteiger partial charge is 0.267 e. The van der Waals surface area contributed by atoms with Crippen molar-refractivity contribution in [2.24, 2.45) is 0 Å². The first-order chi connectivity index (χ1) is 15.9. The average Bonchev–Trinajstić information content (AvgIpc) is 3.18. The molecule has 4 nitrogen and oxygen atoms in total. The van der Waals surface area contributed by atoms with Crippen LogP contribution in [-0.2, 0) is 18.7 Å². The van der Waals surface area contributed by atoms with Crippen LogP contribution in [0.4, 0.5) is 0 Å². The van der Waals surface area contributed by atoms with E-state index in [1.807, 2.05) is 42.5 Å². The minimum atomic E-state index is 0.0123. The molecule has 0 N–H and O–H groups in total. The Morgan fingerprint density at radius 2 is 1.91 bits per heavy atom. The Hall–Kier alpha value is -1.83. The van der Waals surface area contributed by atoms with Crippen LogP contribution in [0.2, 0.25) is 10.0 Å². The molecule has 0 spiro atoms. The number of thiophene rings is 1. The Bertz CT molecular complexity index is 1380. The molecule has 1 aliphatic heterocycles. The lowest BCUT2D eigenvalue weighted by molar-refractivity contribution is 0.206. The first-order valence-corrected chi connectivity index (χ1v) is 13.4. The molecule has 0 bridgehead atoms. The van der Waals surface area contributed by atoms with Gasteiger partial charge >= 0.3 is 0 Å². The Morgan fingerprint density at radius 3 is 2.64 bits per heavy atom. The number of thioether (sulfide) groups is 1. The van der Waals surface area contributed by atoms with Crippen molar-refractivity contribution in [3.8, 4) is 5.69 Å². The number of hydrogen-bond acceptors (Lipinski definition) is 5. The molecule has 0 unspecified atom stereocenters. The van der Waals surface area contributed by atoms with Crippen molar-refractivity contribution >= 4 is 56.5 Å². The third-order valence-corrected chi connectivity index (χ3v) is 8.83. The maximum absolute atomic E-state index is 13.9. The SMILES string of the molecule is CC(C)N1CCc2c(sc3nc(SCc4ccc(Cl)c(Cl)c4)n(-c4ccccc4)c(=O)c23)C1. The van der Waals surface area contributed by atoms with Gasteiger partial charge in [0.25, 0.3) is 5.56 Å². The molecule has 0 amide bonds. The highest BCUT2D eigenvalue weighted by atomic mass is 35.5. The summed E-state index contributed by atoms with van der Waals surface area (Å²) in [7, 11) is 0. The molecule has 33 heavy (non-hydrogen) atoms. The summed E-state index contributed by atoms with van der Waals surface area (Å²) in [6.45, 7) is 6.28. The van der Waals surface area contributed by atoms with Crippen molar-refractivity contribution in [3.63, 3.8) is 0 Å². The number of halogens is 2. The predicted molar refractivity (Wildman–Crippen MR) is 140 cm³/mol. The third kappa shape index (κ3) is 4.47. The fourth-order valence-electron chi connectivity index (χ4n) is 4.16. The summed E-state index contributed by atoms with van der Waals surface area (Å²) in [5, 5.41) is 2.52. The summed E-state index contributed by atoms with van der Waals surface area (Å²) in [6.07, 6.45) is 0.884. The van der Waals surface area contributed by atoms with Gasteiger partial charge in [-0.05, 0) is 55.7 Å². The largest absolute Gasteiger partial charge is 0.296 e. The van der Waals surface area contributed by atoms with Gasteiger partial charge in [-0.25, -0.2) is 4.98 Å². The molecule has 4 aromatic rings. The lowest BCUT2D eigenvalue weighted by Crippen LogP contribution is -2.35. The van der Waals surface area contributed by atoms with E-state index in [9.17, 15) is 4.79 Å². The van der Waals surface area contributed by atoms with Gasteiger partial charge in [0.2, 0.25) is 0 Å². The van der Waals surface area contributed by atoms with E-state index in [4.69, 9.17) is 28.2 Å². The maximum atomic E-state index is 13.9. The van der Waals surface area contributed by atoms with Gasteiger partial charge in [0, 0.05) is 29.8 Å². The maximum Gasteiger partial charge on any atom is 0.267 e. The topological polar surface area (TPSA) is 38.1 Å². The van der Waals surface area contributed by atoms with E-state index in [0.29, 0.717) is 27.0 Å². The number of nitrogens with zero attached hydrogens (tertiary/aromatic N) is 3. The van der Waals surface area contributed by atoms with Crippen LogP contribution in [0.1, 0.15) is 29.9 Å². The molecule has 2 aromatic carbocycles. The van der Waals surface area contributed by atoms with Gasteiger partial charge in [0.05, 0.1) is 21.1 Å². The van der Waals surface area contributed by atoms with Crippen LogP contribution in [0.25, 0.3) is 15.9 Å². The van der Waals surface area contributed by atoms with E-state index in [1.54, 1.807) is 22.0 Å². The van der Waals surface area contributed by atoms with E-state index in [-0.39, 0.29) is 5.56 Å². The second-order valence-electron chi connectivity index (χ2n) is 8.41. The van der Waals surface area contributed by atoms with Crippen molar-refractivity contribution in [3.05, 3.63) is 84.9 Å². The molecule has 2 aromatic heterocycles. The van der Waals surface area contributed by atoms with Crippen molar-refractivity contribution < 1.29 is 0 Å². The molecule has 0 atom stereocenters. The van der Waals surface area contributed by atoms with Crippen LogP contribution in [0, 0.1) is 0 Å². The number of aromatic nitrogens is 2. The van der Waals surface area contributed by atoms with E-state index in [0.717, 1.165) is 41.0 Å². The number of fused-ring (bicyclic) bond motifs is 3. The van der Waals surface area contributed by atoms with Crippen LogP contribution >= 0.6 is 46.3 Å². The molecular weight excluding hydrogens is 493 g/mol. The molecule has 5 rings (SSSR count). The standard InChI is InChI=1S/C25H23Cl2N3OS2/c1-15(2)29-11-10-18-21(13-29)33-23-22(18)24(31)30(17-6-4-3-5-7-17)25(28-23)32-14-16-8-9-19(26)20(27)12-16/h3-9,12,15H,10-11,13-14H2,1-2H3. The molecule has 8 heteroatoms. The monoisotopic (exact) mass is 515 g/mol. The van der Waals surface area contributed by atoms with Gasteiger partial charge in [0.15, 0.2) is 5.16 Å². The fourth-order valence-corrected chi connectivity index (χ4v) is 6.73. The lowest BCUT2D eigenvalue weighted by Gasteiger charge is -2.30. The first kappa shape index (κ1) is 22.9. The highest BCUT2D eigenvalue weighted by Crippen LogP contribution is 2.35. The Labute approximate surface area is 211 Å². The summed E-state index contributed by atoms with van der Waals surface area (Å²) in [6, 6.07) is 15.9. The number of hydrogen-bond donors (Lipinski definition) is 0. The second-order valence-corrected chi connectivity index (χ2v) is 11.2. The predicted octanol–water partition coefficient (Wildman–Crippen LogP) is 6.81. The number of rotatable bonds is 5.